The van der Waals surface area contributed by atoms with Gasteiger partial charge >= 0.3 is 23.9 Å². The second kappa shape index (κ2) is 11.9. The maximum absolute atomic E-state index is 13.1. The van der Waals surface area contributed by atoms with E-state index in [0.717, 1.165) is 24.8 Å². The minimum Gasteiger partial charge on any atom is -0.496 e. The highest BCUT2D eigenvalue weighted by molar-refractivity contribution is 5.83. The summed E-state index contributed by atoms with van der Waals surface area (Å²) in [5.74, 6) is -1.76. The van der Waals surface area contributed by atoms with Gasteiger partial charge in [-0.15, -0.1) is 0 Å². The van der Waals surface area contributed by atoms with E-state index in [4.69, 9.17) is 28.4 Å². The molecule has 1 saturated heterocycles. The molecule has 2 fully saturated rings. The molecule has 0 radical (unpaired) electrons. The van der Waals surface area contributed by atoms with Crippen LogP contribution in [-0.2, 0) is 48.3 Å². The van der Waals surface area contributed by atoms with Gasteiger partial charge in [0.25, 0.3) is 0 Å². The van der Waals surface area contributed by atoms with Crippen LogP contribution in [0.1, 0.15) is 77.0 Å². The minimum atomic E-state index is -1.16. The fourth-order valence-corrected chi connectivity index (χ4v) is 5.48. The summed E-state index contributed by atoms with van der Waals surface area (Å²) in [5, 5.41) is 0. The van der Waals surface area contributed by atoms with E-state index in [1.165, 1.54) is 35.0 Å². The van der Waals surface area contributed by atoms with Crippen molar-refractivity contribution in [2.75, 3.05) is 14.2 Å². The predicted molar refractivity (Wildman–Crippen MR) is 130 cm³/mol. The minimum absolute atomic E-state index is 0.314. The molecule has 37 heavy (non-hydrogen) atoms. The average molecular weight is 521 g/mol. The van der Waals surface area contributed by atoms with Crippen LogP contribution in [0.25, 0.3) is 0 Å². The van der Waals surface area contributed by atoms with Crippen molar-refractivity contribution in [3.8, 4) is 5.75 Å². The Morgan fingerprint density at radius 1 is 0.838 bits per heavy atom. The van der Waals surface area contributed by atoms with Gasteiger partial charge in [0, 0.05) is 26.3 Å². The largest absolute Gasteiger partial charge is 0.496 e. The molecule has 5 atom stereocenters. The molecule has 0 bridgehead atoms. The van der Waals surface area contributed by atoms with Crippen LogP contribution in [0.15, 0.2) is 18.2 Å². The van der Waals surface area contributed by atoms with E-state index in [-0.39, 0.29) is 5.97 Å². The Hall–Kier alpha value is -3.14. The number of esters is 4. The zero-order valence-corrected chi connectivity index (χ0v) is 22.2. The Morgan fingerprint density at radius 3 is 1.95 bits per heavy atom. The fraction of sp³-hybridized carbons (Fsp3) is 0.630. The van der Waals surface area contributed by atoms with E-state index in [1.54, 1.807) is 13.0 Å². The second-order valence-corrected chi connectivity index (χ2v) is 9.58. The van der Waals surface area contributed by atoms with Gasteiger partial charge in [0.1, 0.15) is 11.9 Å². The molecule has 3 rings (SSSR count). The Kier molecular flexibility index (Phi) is 9.17. The quantitative estimate of drug-likeness (QED) is 0.391. The van der Waals surface area contributed by atoms with Gasteiger partial charge in [0.05, 0.1) is 25.7 Å². The Labute approximate surface area is 216 Å². The van der Waals surface area contributed by atoms with Crippen LogP contribution in [0.4, 0.5) is 0 Å². The molecule has 1 aliphatic heterocycles. The third-order valence-electron chi connectivity index (χ3n) is 7.05. The van der Waals surface area contributed by atoms with Gasteiger partial charge in [-0.05, 0) is 37.5 Å². The Morgan fingerprint density at radius 2 is 1.41 bits per heavy atom. The molecular weight excluding hydrogens is 484 g/mol. The maximum atomic E-state index is 13.1. The zero-order valence-electron chi connectivity index (χ0n) is 22.2. The van der Waals surface area contributed by atoms with Crippen molar-refractivity contribution >= 4 is 23.9 Å². The molecule has 1 aromatic rings. The molecule has 0 aromatic heterocycles. The normalized spacial score (nSPS) is 26.9. The van der Waals surface area contributed by atoms with Gasteiger partial charge in [-0.25, -0.2) is 0 Å². The van der Waals surface area contributed by atoms with Gasteiger partial charge < -0.3 is 28.4 Å². The molecule has 1 aliphatic carbocycles. The Bertz CT molecular complexity index is 1010. The summed E-state index contributed by atoms with van der Waals surface area (Å²) in [4.78, 5) is 49.1. The zero-order chi connectivity index (χ0) is 27.3. The van der Waals surface area contributed by atoms with Crippen molar-refractivity contribution in [1.82, 2.24) is 0 Å². The van der Waals surface area contributed by atoms with Crippen LogP contribution in [0, 0.1) is 0 Å². The monoisotopic (exact) mass is 520 g/mol. The lowest BCUT2D eigenvalue weighted by atomic mass is 9.69. The SMILES string of the molecule is COC(=O)C1(c2ccc(OC)c([C@@H]3O[C@@H](C)[C@@H](OC(C)=O)[C@@H](OC(C)=O)[C@@H]3OC(C)=O)c2)CCCCC1. The van der Waals surface area contributed by atoms with Crippen molar-refractivity contribution in [2.45, 2.75) is 95.7 Å². The maximum Gasteiger partial charge on any atom is 0.316 e. The first-order valence-electron chi connectivity index (χ1n) is 12.5. The molecule has 10 heteroatoms. The number of rotatable bonds is 7. The van der Waals surface area contributed by atoms with E-state index in [1.807, 2.05) is 12.1 Å². The second-order valence-electron chi connectivity index (χ2n) is 9.58. The van der Waals surface area contributed by atoms with Crippen molar-refractivity contribution in [1.29, 1.82) is 0 Å². The van der Waals surface area contributed by atoms with Crippen LogP contribution in [-0.4, -0.2) is 62.5 Å². The number of ether oxygens (including phenoxy) is 6. The lowest BCUT2D eigenvalue weighted by Gasteiger charge is -2.44. The fourth-order valence-electron chi connectivity index (χ4n) is 5.48. The summed E-state index contributed by atoms with van der Waals surface area (Å²) in [6.45, 7) is 5.35. The summed E-state index contributed by atoms with van der Waals surface area (Å²) in [6, 6.07) is 5.39. The number of hydrogen-bond acceptors (Lipinski definition) is 10. The van der Waals surface area contributed by atoms with Crippen molar-refractivity contribution < 1.29 is 47.6 Å². The number of hydrogen-bond donors (Lipinski definition) is 0. The summed E-state index contributed by atoms with van der Waals surface area (Å²) < 4.78 is 33.7. The van der Waals surface area contributed by atoms with Crippen molar-refractivity contribution in [3.05, 3.63) is 29.3 Å². The average Bonchev–Trinajstić information content (AvgIpc) is 2.86. The molecule has 1 aromatic carbocycles. The third-order valence-corrected chi connectivity index (χ3v) is 7.05. The smallest absolute Gasteiger partial charge is 0.316 e. The highest BCUT2D eigenvalue weighted by Gasteiger charge is 2.52. The van der Waals surface area contributed by atoms with E-state index in [9.17, 15) is 19.2 Å². The highest BCUT2D eigenvalue weighted by atomic mass is 16.6. The van der Waals surface area contributed by atoms with E-state index >= 15 is 0 Å². The standard InChI is InChI=1S/C27H36O10/c1-15-22(35-16(2)28)24(36-17(3)29)25(37-18(4)30)23(34-15)20-14-19(10-11-21(20)32-5)27(26(31)33-6)12-8-7-9-13-27/h10-11,14-15,22-25H,7-9,12-13H2,1-6H3/t15-,22+,23-,24+,25+/m0/s1. The van der Waals surface area contributed by atoms with Gasteiger partial charge in [0.15, 0.2) is 18.3 Å². The van der Waals surface area contributed by atoms with Crippen LogP contribution in [0.3, 0.4) is 0 Å². The van der Waals surface area contributed by atoms with Crippen LogP contribution in [0.2, 0.25) is 0 Å². The van der Waals surface area contributed by atoms with E-state index < -0.39 is 53.8 Å². The first-order valence-corrected chi connectivity index (χ1v) is 12.5. The first-order chi connectivity index (χ1) is 17.5. The molecule has 0 unspecified atom stereocenters. The van der Waals surface area contributed by atoms with Gasteiger partial charge in [-0.3, -0.25) is 19.2 Å². The Balaban J connectivity index is 2.16. The molecule has 0 spiro atoms. The van der Waals surface area contributed by atoms with Gasteiger partial charge in [0.2, 0.25) is 0 Å². The van der Waals surface area contributed by atoms with E-state index in [0.29, 0.717) is 24.2 Å². The van der Waals surface area contributed by atoms with Gasteiger partial charge in [-0.2, -0.15) is 0 Å². The van der Waals surface area contributed by atoms with Crippen molar-refractivity contribution in [3.63, 3.8) is 0 Å². The lowest BCUT2D eigenvalue weighted by Crippen LogP contribution is -2.57. The summed E-state index contributed by atoms with van der Waals surface area (Å²) >= 11 is 0. The van der Waals surface area contributed by atoms with E-state index in [2.05, 4.69) is 0 Å². The van der Waals surface area contributed by atoms with Crippen LogP contribution in [0.5, 0.6) is 5.75 Å². The molecular formula is C27H36O10. The van der Waals surface area contributed by atoms with Gasteiger partial charge in [-0.1, -0.05) is 25.3 Å². The molecule has 0 amide bonds. The summed E-state index contributed by atoms with van der Waals surface area (Å²) in [5.41, 5.74) is 0.407. The number of benzene rings is 1. The molecule has 1 saturated carbocycles. The summed E-state index contributed by atoms with van der Waals surface area (Å²) in [6.07, 6.45) is -0.966. The highest BCUT2D eigenvalue weighted by Crippen LogP contribution is 2.45. The predicted octanol–water partition coefficient (Wildman–Crippen LogP) is 3.33. The third kappa shape index (κ3) is 6.06. The molecule has 2 aliphatic rings. The van der Waals surface area contributed by atoms with Crippen molar-refractivity contribution in [2.24, 2.45) is 0 Å². The summed E-state index contributed by atoms with van der Waals surface area (Å²) in [7, 11) is 2.87. The molecule has 10 nitrogen and oxygen atoms in total. The molecule has 204 valence electrons. The number of carbonyl (C=O) groups is 4. The lowest BCUT2D eigenvalue weighted by molar-refractivity contribution is -0.245. The first kappa shape index (κ1) is 28.4. The number of carbonyl (C=O) groups excluding carboxylic acids is 4. The van der Waals surface area contributed by atoms with Crippen LogP contribution < -0.4 is 4.74 Å². The molecule has 1 heterocycles. The van der Waals surface area contributed by atoms with Crippen LogP contribution >= 0.6 is 0 Å². The molecule has 0 N–H and O–H groups in total. The topological polar surface area (TPSA) is 124 Å². The number of methoxy groups -OCH3 is 2.